The lowest BCUT2D eigenvalue weighted by Crippen LogP contribution is -2.37. The van der Waals surface area contributed by atoms with Crippen LogP contribution in [0.1, 0.15) is 51.6 Å². The summed E-state index contributed by atoms with van der Waals surface area (Å²) in [7, 11) is 0. The molecule has 0 aliphatic heterocycles. The number of hydrogen-bond acceptors (Lipinski definition) is 2. The Morgan fingerprint density at radius 1 is 1.22 bits per heavy atom. The van der Waals surface area contributed by atoms with Gasteiger partial charge in [0.05, 0.1) is 8.67 Å². The third-order valence-corrected chi connectivity index (χ3v) is 5.33. The lowest BCUT2D eigenvalue weighted by atomic mass is 9.80. The Hall–Kier alpha value is 0.240. The standard InChI is InChI=1S/C14H21Cl2NS/c1-8-4-9(2)6-11(5-8)17-10(3)12-7-13(15)18-14(12)16/h7-11,17H,4-6H2,1-3H3. The van der Waals surface area contributed by atoms with E-state index in [-0.39, 0.29) is 6.04 Å². The van der Waals surface area contributed by atoms with Gasteiger partial charge < -0.3 is 5.32 Å². The molecule has 3 atom stereocenters. The van der Waals surface area contributed by atoms with Crippen molar-refractivity contribution in [3.05, 3.63) is 20.3 Å². The molecule has 0 aromatic carbocycles. The average molecular weight is 306 g/mol. The van der Waals surface area contributed by atoms with Crippen LogP contribution in [0.15, 0.2) is 6.07 Å². The Morgan fingerprint density at radius 3 is 2.33 bits per heavy atom. The Morgan fingerprint density at radius 2 is 1.83 bits per heavy atom. The number of halogens is 2. The molecule has 0 saturated heterocycles. The van der Waals surface area contributed by atoms with Crippen LogP contribution in [0.4, 0.5) is 0 Å². The van der Waals surface area contributed by atoms with E-state index in [9.17, 15) is 0 Å². The third-order valence-electron chi connectivity index (χ3n) is 3.81. The van der Waals surface area contributed by atoms with Gasteiger partial charge in [0.25, 0.3) is 0 Å². The molecule has 1 N–H and O–H groups in total. The van der Waals surface area contributed by atoms with Crippen molar-refractivity contribution in [3.8, 4) is 0 Å². The molecule has 1 nitrogen and oxygen atoms in total. The molecule has 3 unspecified atom stereocenters. The minimum atomic E-state index is 0.281. The lowest BCUT2D eigenvalue weighted by Gasteiger charge is -2.34. The maximum Gasteiger partial charge on any atom is 0.0991 e. The summed E-state index contributed by atoms with van der Waals surface area (Å²) in [5, 5.41) is 3.71. The molecule has 1 aromatic heterocycles. The van der Waals surface area contributed by atoms with Gasteiger partial charge in [-0.15, -0.1) is 11.3 Å². The lowest BCUT2D eigenvalue weighted by molar-refractivity contribution is 0.228. The Balaban J connectivity index is 1.98. The second-order valence-electron chi connectivity index (χ2n) is 5.78. The van der Waals surface area contributed by atoms with E-state index in [1.165, 1.54) is 30.6 Å². The van der Waals surface area contributed by atoms with Gasteiger partial charge in [-0.3, -0.25) is 0 Å². The maximum atomic E-state index is 6.21. The largest absolute Gasteiger partial charge is 0.307 e. The highest BCUT2D eigenvalue weighted by Crippen LogP contribution is 2.36. The molecule has 1 heterocycles. The summed E-state index contributed by atoms with van der Waals surface area (Å²) in [5.74, 6) is 1.64. The summed E-state index contributed by atoms with van der Waals surface area (Å²) >= 11 is 13.7. The monoisotopic (exact) mass is 305 g/mol. The van der Waals surface area contributed by atoms with Gasteiger partial charge in [-0.25, -0.2) is 0 Å². The van der Waals surface area contributed by atoms with Crippen molar-refractivity contribution < 1.29 is 0 Å². The van der Waals surface area contributed by atoms with E-state index in [1.54, 1.807) is 0 Å². The second kappa shape index (κ2) is 6.13. The smallest absolute Gasteiger partial charge is 0.0991 e. The molecule has 2 rings (SSSR count). The highest BCUT2D eigenvalue weighted by molar-refractivity contribution is 7.20. The number of nitrogens with one attached hydrogen (secondary N) is 1. The molecule has 18 heavy (non-hydrogen) atoms. The molecule has 1 aliphatic rings. The summed E-state index contributed by atoms with van der Waals surface area (Å²) in [6, 6.07) is 2.87. The predicted octanol–water partition coefficient (Wildman–Crippen LogP) is 5.53. The van der Waals surface area contributed by atoms with E-state index in [0.717, 1.165) is 26.1 Å². The predicted molar refractivity (Wildman–Crippen MR) is 81.9 cm³/mol. The first-order valence-electron chi connectivity index (χ1n) is 6.66. The first-order valence-corrected chi connectivity index (χ1v) is 8.23. The van der Waals surface area contributed by atoms with E-state index in [1.807, 2.05) is 6.07 Å². The third kappa shape index (κ3) is 3.63. The molecule has 1 aromatic rings. The van der Waals surface area contributed by atoms with Crippen molar-refractivity contribution in [3.63, 3.8) is 0 Å². The Bertz CT molecular complexity index is 394. The quantitative estimate of drug-likeness (QED) is 0.774. The van der Waals surface area contributed by atoms with Gasteiger partial charge >= 0.3 is 0 Å². The van der Waals surface area contributed by atoms with Crippen LogP contribution < -0.4 is 5.32 Å². The fourth-order valence-corrected chi connectivity index (χ4v) is 4.82. The molecule has 0 amide bonds. The first-order chi connectivity index (χ1) is 8.45. The molecule has 0 radical (unpaired) electrons. The second-order valence-corrected chi connectivity index (χ2v) is 8.07. The minimum Gasteiger partial charge on any atom is -0.307 e. The molecule has 1 fully saturated rings. The summed E-state index contributed by atoms with van der Waals surface area (Å²) in [6.07, 6.45) is 3.89. The van der Waals surface area contributed by atoms with Crippen LogP contribution >= 0.6 is 34.5 Å². The van der Waals surface area contributed by atoms with E-state index >= 15 is 0 Å². The average Bonchev–Trinajstić information content (AvgIpc) is 2.56. The zero-order valence-corrected chi connectivity index (χ0v) is 13.5. The molecule has 1 aliphatic carbocycles. The summed E-state index contributed by atoms with van der Waals surface area (Å²) in [5.41, 5.74) is 1.14. The highest BCUT2D eigenvalue weighted by Gasteiger charge is 2.25. The fraction of sp³-hybridized carbons (Fsp3) is 0.714. The number of hydrogen-bond donors (Lipinski definition) is 1. The van der Waals surface area contributed by atoms with Crippen molar-refractivity contribution in [2.75, 3.05) is 0 Å². The number of thiophene rings is 1. The topological polar surface area (TPSA) is 12.0 Å². The summed E-state index contributed by atoms with van der Waals surface area (Å²) in [6.45, 7) is 6.88. The maximum absolute atomic E-state index is 6.21. The summed E-state index contributed by atoms with van der Waals surface area (Å²) < 4.78 is 1.59. The van der Waals surface area contributed by atoms with Crippen LogP contribution in [0.5, 0.6) is 0 Å². The van der Waals surface area contributed by atoms with Crippen molar-refractivity contribution in [1.82, 2.24) is 5.32 Å². The van der Waals surface area contributed by atoms with Crippen LogP contribution in [-0.4, -0.2) is 6.04 Å². The van der Waals surface area contributed by atoms with Crippen LogP contribution in [0, 0.1) is 11.8 Å². The molecule has 102 valence electrons. The van der Waals surface area contributed by atoms with Crippen LogP contribution in [0.2, 0.25) is 8.67 Å². The molecule has 0 bridgehead atoms. The van der Waals surface area contributed by atoms with E-state index in [4.69, 9.17) is 23.2 Å². The Labute approximate surface area is 124 Å². The van der Waals surface area contributed by atoms with Gasteiger partial charge in [-0.05, 0) is 49.7 Å². The van der Waals surface area contributed by atoms with E-state index in [0.29, 0.717) is 6.04 Å². The van der Waals surface area contributed by atoms with Crippen molar-refractivity contribution >= 4 is 34.5 Å². The van der Waals surface area contributed by atoms with Gasteiger partial charge in [0.2, 0.25) is 0 Å². The summed E-state index contributed by atoms with van der Waals surface area (Å²) in [4.78, 5) is 0. The highest BCUT2D eigenvalue weighted by atomic mass is 35.5. The normalized spacial score (nSPS) is 30.4. The molecule has 4 heteroatoms. The Kier molecular flexibility index (Phi) is 4.99. The van der Waals surface area contributed by atoms with Crippen molar-refractivity contribution in [2.24, 2.45) is 11.8 Å². The van der Waals surface area contributed by atoms with Gasteiger partial charge in [-0.2, -0.15) is 0 Å². The van der Waals surface area contributed by atoms with E-state index < -0.39 is 0 Å². The molecular formula is C14H21Cl2NS. The molecular weight excluding hydrogens is 285 g/mol. The SMILES string of the molecule is CC1CC(C)CC(NC(C)c2cc(Cl)sc2Cl)C1. The minimum absolute atomic E-state index is 0.281. The zero-order chi connectivity index (χ0) is 13.3. The number of rotatable bonds is 3. The van der Waals surface area contributed by atoms with Crippen LogP contribution in [0.3, 0.4) is 0 Å². The zero-order valence-electron chi connectivity index (χ0n) is 11.2. The van der Waals surface area contributed by atoms with Crippen LogP contribution in [0.25, 0.3) is 0 Å². The molecule has 1 saturated carbocycles. The first kappa shape index (κ1) is 14.6. The van der Waals surface area contributed by atoms with Gasteiger partial charge in [0, 0.05) is 12.1 Å². The van der Waals surface area contributed by atoms with Crippen molar-refractivity contribution in [2.45, 2.75) is 52.1 Å². The van der Waals surface area contributed by atoms with E-state index in [2.05, 4.69) is 26.1 Å². The molecule has 0 spiro atoms. The van der Waals surface area contributed by atoms with Crippen molar-refractivity contribution in [1.29, 1.82) is 0 Å². The van der Waals surface area contributed by atoms with Gasteiger partial charge in [0.15, 0.2) is 0 Å². The van der Waals surface area contributed by atoms with Gasteiger partial charge in [-0.1, -0.05) is 37.0 Å². The van der Waals surface area contributed by atoms with Gasteiger partial charge in [0.1, 0.15) is 0 Å². The fourth-order valence-electron chi connectivity index (χ4n) is 3.17. The van der Waals surface area contributed by atoms with Crippen LogP contribution in [-0.2, 0) is 0 Å².